The van der Waals surface area contributed by atoms with Crippen molar-refractivity contribution in [3.63, 3.8) is 0 Å². The topological polar surface area (TPSA) is 90.0 Å². The molecule has 134 valence electrons. The van der Waals surface area contributed by atoms with Crippen molar-refractivity contribution in [1.29, 1.82) is 0 Å². The van der Waals surface area contributed by atoms with Crippen LogP contribution in [0.2, 0.25) is 0 Å². The minimum atomic E-state index is -3.69. The summed E-state index contributed by atoms with van der Waals surface area (Å²) in [7, 11) is 1.67. The predicted octanol–water partition coefficient (Wildman–Crippen LogP) is -0.163. The van der Waals surface area contributed by atoms with E-state index >= 15 is 0 Å². The van der Waals surface area contributed by atoms with Crippen LogP contribution in [0.15, 0.2) is 29.2 Å². The van der Waals surface area contributed by atoms with Crippen molar-refractivity contribution in [3.8, 4) is 0 Å². The standard InChI is InChI=1S/C16H25N3O4S/c1-17-16(21)12-5-4-6-15(7-12)24(22,23)19-9-13(8-18(2)3)14(10-19)11-20/h4-7,13-14,20H,8-11H2,1-3H3,(H,17,21)/t13-,14-/m1/s1. The van der Waals surface area contributed by atoms with Gasteiger partial charge in [0.15, 0.2) is 0 Å². The smallest absolute Gasteiger partial charge is 0.251 e. The third-order valence-electron chi connectivity index (χ3n) is 4.34. The number of aliphatic hydroxyl groups excluding tert-OH is 1. The first-order valence-corrected chi connectivity index (χ1v) is 9.31. The Hall–Kier alpha value is -1.48. The number of hydrogen-bond acceptors (Lipinski definition) is 5. The summed E-state index contributed by atoms with van der Waals surface area (Å²) in [6.07, 6.45) is 0. The van der Waals surface area contributed by atoms with Crippen LogP contribution in [-0.2, 0) is 10.0 Å². The molecule has 2 atom stereocenters. The monoisotopic (exact) mass is 355 g/mol. The molecule has 0 aliphatic carbocycles. The summed E-state index contributed by atoms with van der Waals surface area (Å²) in [6.45, 7) is 1.34. The maximum Gasteiger partial charge on any atom is 0.251 e. The van der Waals surface area contributed by atoms with Gasteiger partial charge in [0.05, 0.1) is 4.90 Å². The fraction of sp³-hybridized carbons (Fsp3) is 0.562. The molecule has 0 saturated carbocycles. The Kier molecular flexibility index (Phi) is 5.97. The lowest BCUT2D eigenvalue weighted by Gasteiger charge is -2.20. The molecule has 1 aliphatic heterocycles. The zero-order chi connectivity index (χ0) is 17.9. The molecule has 24 heavy (non-hydrogen) atoms. The highest BCUT2D eigenvalue weighted by Gasteiger charge is 2.39. The molecule has 1 aromatic carbocycles. The highest BCUT2D eigenvalue weighted by atomic mass is 32.2. The number of aliphatic hydroxyl groups is 1. The van der Waals surface area contributed by atoms with Crippen molar-refractivity contribution < 1.29 is 18.3 Å². The third-order valence-corrected chi connectivity index (χ3v) is 6.17. The van der Waals surface area contributed by atoms with Crippen LogP contribution in [0.25, 0.3) is 0 Å². The summed E-state index contributed by atoms with van der Waals surface area (Å²) >= 11 is 0. The van der Waals surface area contributed by atoms with E-state index in [9.17, 15) is 18.3 Å². The van der Waals surface area contributed by atoms with Crippen molar-refractivity contribution >= 4 is 15.9 Å². The average molecular weight is 355 g/mol. The first kappa shape index (κ1) is 18.9. The van der Waals surface area contributed by atoms with Crippen LogP contribution in [0.1, 0.15) is 10.4 Å². The Morgan fingerprint density at radius 3 is 2.58 bits per heavy atom. The average Bonchev–Trinajstić information content (AvgIpc) is 2.97. The highest BCUT2D eigenvalue weighted by Crippen LogP contribution is 2.29. The quantitative estimate of drug-likeness (QED) is 0.740. The van der Waals surface area contributed by atoms with Crippen LogP contribution in [0.4, 0.5) is 0 Å². The van der Waals surface area contributed by atoms with E-state index in [2.05, 4.69) is 5.32 Å². The maximum atomic E-state index is 12.9. The number of rotatable bonds is 6. The van der Waals surface area contributed by atoms with E-state index in [0.717, 1.165) is 6.54 Å². The van der Waals surface area contributed by atoms with Gasteiger partial charge in [-0.05, 0) is 38.2 Å². The molecule has 1 saturated heterocycles. The van der Waals surface area contributed by atoms with E-state index in [0.29, 0.717) is 18.7 Å². The van der Waals surface area contributed by atoms with Gasteiger partial charge in [-0.15, -0.1) is 0 Å². The van der Waals surface area contributed by atoms with E-state index in [1.54, 1.807) is 12.1 Å². The van der Waals surface area contributed by atoms with Gasteiger partial charge in [-0.1, -0.05) is 6.07 Å². The first-order chi connectivity index (χ1) is 11.3. The second kappa shape index (κ2) is 7.60. The summed E-state index contributed by atoms with van der Waals surface area (Å²) in [4.78, 5) is 13.8. The molecular formula is C16H25N3O4S. The molecule has 2 rings (SSSR count). The Labute approximate surface area is 143 Å². The minimum Gasteiger partial charge on any atom is -0.396 e. The Morgan fingerprint density at radius 1 is 1.33 bits per heavy atom. The lowest BCUT2D eigenvalue weighted by atomic mass is 9.97. The summed E-state index contributed by atoms with van der Waals surface area (Å²) in [5, 5.41) is 12.0. The van der Waals surface area contributed by atoms with Gasteiger partial charge in [-0.2, -0.15) is 4.31 Å². The van der Waals surface area contributed by atoms with Crippen LogP contribution >= 0.6 is 0 Å². The largest absolute Gasteiger partial charge is 0.396 e. The SMILES string of the molecule is CNC(=O)c1cccc(S(=O)(=O)N2C[C@@H](CN(C)C)[C@@H](CO)C2)c1. The van der Waals surface area contributed by atoms with Crippen LogP contribution in [-0.4, -0.2) is 76.0 Å². The van der Waals surface area contributed by atoms with Gasteiger partial charge in [0.2, 0.25) is 10.0 Å². The van der Waals surface area contributed by atoms with Gasteiger partial charge in [-0.3, -0.25) is 4.79 Å². The molecule has 0 aromatic heterocycles. The van der Waals surface area contributed by atoms with Crippen molar-refractivity contribution in [2.75, 3.05) is 47.4 Å². The molecule has 0 unspecified atom stereocenters. The fourth-order valence-electron chi connectivity index (χ4n) is 3.07. The van der Waals surface area contributed by atoms with Gasteiger partial charge in [0.25, 0.3) is 5.91 Å². The predicted molar refractivity (Wildman–Crippen MR) is 91.2 cm³/mol. The number of benzene rings is 1. The number of hydrogen-bond donors (Lipinski definition) is 2. The molecule has 1 aliphatic rings. The van der Waals surface area contributed by atoms with Crippen LogP contribution in [0, 0.1) is 11.8 Å². The van der Waals surface area contributed by atoms with Crippen molar-refractivity contribution in [2.24, 2.45) is 11.8 Å². The molecule has 0 bridgehead atoms. The molecule has 1 aromatic rings. The Bertz CT molecular complexity index is 690. The molecule has 2 N–H and O–H groups in total. The molecule has 1 heterocycles. The first-order valence-electron chi connectivity index (χ1n) is 7.87. The molecule has 7 nitrogen and oxygen atoms in total. The van der Waals surface area contributed by atoms with Crippen LogP contribution < -0.4 is 5.32 Å². The number of sulfonamides is 1. The van der Waals surface area contributed by atoms with E-state index in [1.165, 1.54) is 23.5 Å². The molecule has 8 heteroatoms. The number of carbonyl (C=O) groups is 1. The lowest BCUT2D eigenvalue weighted by molar-refractivity contribution is 0.0963. The molecule has 1 amide bonds. The number of nitrogens with one attached hydrogen (secondary N) is 1. The zero-order valence-electron chi connectivity index (χ0n) is 14.3. The van der Waals surface area contributed by atoms with Crippen molar-refractivity contribution in [3.05, 3.63) is 29.8 Å². The maximum absolute atomic E-state index is 12.9. The Balaban J connectivity index is 2.26. The summed E-state index contributed by atoms with van der Waals surface area (Å²) in [5.74, 6) is -0.321. The summed E-state index contributed by atoms with van der Waals surface area (Å²) in [6, 6.07) is 6.03. The summed E-state index contributed by atoms with van der Waals surface area (Å²) < 4.78 is 27.2. The molecular weight excluding hydrogens is 330 g/mol. The second-order valence-corrected chi connectivity index (χ2v) is 8.33. The number of carbonyl (C=O) groups excluding carboxylic acids is 1. The minimum absolute atomic E-state index is 0.0389. The molecule has 0 radical (unpaired) electrons. The van der Waals surface area contributed by atoms with E-state index in [1.807, 2.05) is 19.0 Å². The van der Waals surface area contributed by atoms with E-state index in [-0.39, 0.29) is 29.2 Å². The third kappa shape index (κ3) is 3.94. The van der Waals surface area contributed by atoms with Crippen LogP contribution in [0.5, 0.6) is 0 Å². The summed E-state index contributed by atoms with van der Waals surface area (Å²) in [5.41, 5.74) is 0.307. The van der Waals surface area contributed by atoms with Gasteiger partial charge in [0, 0.05) is 44.8 Å². The van der Waals surface area contributed by atoms with Crippen LogP contribution in [0.3, 0.4) is 0 Å². The highest BCUT2D eigenvalue weighted by molar-refractivity contribution is 7.89. The number of amides is 1. The van der Waals surface area contributed by atoms with E-state index < -0.39 is 10.0 Å². The van der Waals surface area contributed by atoms with Gasteiger partial charge < -0.3 is 15.3 Å². The molecule has 0 spiro atoms. The van der Waals surface area contributed by atoms with Gasteiger partial charge in [0.1, 0.15) is 0 Å². The normalized spacial score (nSPS) is 22.0. The Morgan fingerprint density at radius 2 is 2.00 bits per heavy atom. The second-order valence-electron chi connectivity index (χ2n) is 6.39. The number of nitrogens with zero attached hydrogens (tertiary/aromatic N) is 2. The zero-order valence-corrected chi connectivity index (χ0v) is 15.1. The van der Waals surface area contributed by atoms with Gasteiger partial charge in [-0.25, -0.2) is 8.42 Å². The lowest BCUT2D eigenvalue weighted by Crippen LogP contribution is -2.31. The van der Waals surface area contributed by atoms with E-state index in [4.69, 9.17) is 0 Å². The molecule has 1 fully saturated rings. The van der Waals surface area contributed by atoms with Gasteiger partial charge >= 0.3 is 0 Å². The van der Waals surface area contributed by atoms with Crippen molar-refractivity contribution in [2.45, 2.75) is 4.90 Å². The fourth-order valence-corrected chi connectivity index (χ4v) is 4.67. The van der Waals surface area contributed by atoms with Crippen molar-refractivity contribution in [1.82, 2.24) is 14.5 Å².